The van der Waals surface area contributed by atoms with Crippen LogP contribution in [0, 0.1) is 0 Å². The molecule has 76 valence electrons. The zero-order valence-electron chi connectivity index (χ0n) is 8.60. The van der Waals surface area contributed by atoms with Gasteiger partial charge in [0.1, 0.15) is 0 Å². The van der Waals surface area contributed by atoms with E-state index in [1.807, 2.05) is 0 Å². The Morgan fingerprint density at radius 3 is 1.92 bits per heavy atom. The van der Waals surface area contributed by atoms with Gasteiger partial charge in [-0.2, -0.15) is 0 Å². The van der Waals surface area contributed by atoms with Crippen molar-refractivity contribution in [2.45, 2.75) is 50.5 Å². The molecule has 1 aliphatic carbocycles. The smallest absolute Gasteiger partial charge is 0.0331 e. The van der Waals surface area contributed by atoms with Gasteiger partial charge in [0.15, 0.2) is 0 Å². The Morgan fingerprint density at radius 2 is 1.54 bits per heavy atom. The van der Waals surface area contributed by atoms with Gasteiger partial charge in [0.2, 0.25) is 0 Å². The second kappa shape index (κ2) is 3.97. The Kier molecular flexibility index (Phi) is 2.89. The molecule has 13 heavy (non-hydrogen) atoms. The summed E-state index contributed by atoms with van der Waals surface area (Å²) in [5.74, 6) is 0. The molecule has 1 saturated carbocycles. The van der Waals surface area contributed by atoms with Gasteiger partial charge >= 0.3 is 0 Å². The molecule has 0 unspecified atom stereocenters. The third-order valence-corrected chi connectivity index (χ3v) is 3.94. The first-order chi connectivity index (χ1) is 6.37. The van der Waals surface area contributed by atoms with Crippen molar-refractivity contribution in [2.75, 3.05) is 19.6 Å². The van der Waals surface area contributed by atoms with Gasteiger partial charge in [-0.05, 0) is 32.4 Å². The molecule has 0 aromatic heterocycles. The summed E-state index contributed by atoms with van der Waals surface area (Å²) in [7, 11) is 0. The van der Waals surface area contributed by atoms with Crippen LogP contribution in [0.4, 0.5) is 0 Å². The number of likely N-dealkylation sites (tertiary alicyclic amines) is 1. The van der Waals surface area contributed by atoms with E-state index in [0.29, 0.717) is 5.54 Å². The normalized spacial score (nSPS) is 29.3. The largest absolute Gasteiger partial charge is 0.329 e. The monoisotopic (exact) mass is 182 g/mol. The van der Waals surface area contributed by atoms with E-state index in [2.05, 4.69) is 4.90 Å². The summed E-state index contributed by atoms with van der Waals surface area (Å²) in [6.07, 6.45) is 9.74. The highest BCUT2D eigenvalue weighted by atomic mass is 15.2. The van der Waals surface area contributed by atoms with Gasteiger partial charge in [-0.3, -0.25) is 4.90 Å². The molecule has 2 nitrogen and oxygen atoms in total. The van der Waals surface area contributed by atoms with Crippen molar-refractivity contribution in [3.63, 3.8) is 0 Å². The van der Waals surface area contributed by atoms with Crippen LogP contribution in [-0.2, 0) is 0 Å². The zero-order chi connectivity index (χ0) is 9.15. The summed E-state index contributed by atoms with van der Waals surface area (Å²) in [5.41, 5.74) is 6.39. The van der Waals surface area contributed by atoms with Gasteiger partial charge in [-0.15, -0.1) is 0 Å². The quantitative estimate of drug-likeness (QED) is 0.659. The van der Waals surface area contributed by atoms with Crippen molar-refractivity contribution in [2.24, 2.45) is 5.73 Å². The van der Waals surface area contributed by atoms with Crippen molar-refractivity contribution in [3.05, 3.63) is 0 Å². The van der Waals surface area contributed by atoms with Gasteiger partial charge in [0, 0.05) is 12.1 Å². The van der Waals surface area contributed by atoms with Gasteiger partial charge in [0.25, 0.3) is 0 Å². The minimum absolute atomic E-state index is 0.411. The lowest BCUT2D eigenvalue weighted by Gasteiger charge is -2.48. The fourth-order valence-corrected chi connectivity index (χ4v) is 2.83. The van der Waals surface area contributed by atoms with E-state index in [9.17, 15) is 0 Å². The molecule has 1 saturated heterocycles. The summed E-state index contributed by atoms with van der Waals surface area (Å²) >= 11 is 0. The topological polar surface area (TPSA) is 29.3 Å². The first-order valence-corrected chi connectivity index (χ1v) is 5.82. The molecule has 0 aromatic carbocycles. The second-order valence-electron chi connectivity index (χ2n) is 4.68. The molecule has 0 radical (unpaired) electrons. The van der Waals surface area contributed by atoms with E-state index in [4.69, 9.17) is 5.73 Å². The van der Waals surface area contributed by atoms with Crippen LogP contribution in [0.1, 0.15) is 44.9 Å². The molecule has 0 amide bonds. The van der Waals surface area contributed by atoms with Crippen LogP contribution in [0.15, 0.2) is 0 Å². The van der Waals surface area contributed by atoms with Crippen molar-refractivity contribution < 1.29 is 0 Å². The van der Waals surface area contributed by atoms with Crippen LogP contribution in [-0.4, -0.2) is 30.1 Å². The maximum absolute atomic E-state index is 5.98. The maximum atomic E-state index is 5.98. The van der Waals surface area contributed by atoms with Crippen molar-refractivity contribution in [1.82, 2.24) is 4.90 Å². The van der Waals surface area contributed by atoms with Gasteiger partial charge in [-0.25, -0.2) is 0 Å². The molecule has 1 aliphatic heterocycles. The molecule has 0 spiro atoms. The molecule has 0 atom stereocenters. The highest BCUT2D eigenvalue weighted by Crippen LogP contribution is 2.34. The first-order valence-electron chi connectivity index (χ1n) is 5.82. The molecular formula is C11H22N2. The number of hydrogen-bond acceptors (Lipinski definition) is 2. The van der Waals surface area contributed by atoms with E-state index in [1.165, 1.54) is 58.0 Å². The highest BCUT2D eigenvalue weighted by Gasteiger charge is 2.38. The van der Waals surface area contributed by atoms with E-state index in [0.717, 1.165) is 6.54 Å². The average molecular weight is 182 g/mol. The molecule has 2 aliphatic rings. The van der Waals surface area contributed by atoms with E-state index in [1.54, 1.807) is 0 Å². The number of rotatable bonds is 2. The predicted octanol–water partition coefficient (Wildman–Crippen LogP) is 1.74. The molecule has 2 heteroatoms. The Morgan fingerprint density at radius 1 is 0.923 bits per heavy atom. The summed E-state index contributed by atoms with van der Waals surface area (Å²) in [4.78, 5) is 2.64. The standard InChI is InChI=1S/C11H22N2/c12-10-11(13-8-5-9-13)6-3-1-2-4-7-11/h1-10,12H2. The third kappa shape index (κ3) is 1.75. The van der Waals surface area contributed by atoms with Crippen LogP contribution in [0.2, 0.25) is 0 Å². The molecule has 0 bridgehead atoms. The minimum atomic E-state index is 0.411. The van der Waals surface area contributed by atoms with Crippen LogP contribution in [0.3, 0.4) is 0 Å². The van der Waals surface area contributed by atoms with E-state index in [-0.39, 0.29) is 0 Å². The molecule has 2 fully saturated rings. The van der Waals surface area contributed by atoms with Crippen LogP contribution >= 0.6 is 0 Å². The lowest BCUT2D eigenvalue weighted by molar-refractivity contribution is 0.0230. The predicted molar refractivity (Wildman–Crippen MR) is 55.7 cm³/mol. The highest BCUT2D eigenvalue weighted by molar-refractivity contribution is 4.96. The summed E-state index contributed by atoms with van der Waals surface area (Å²) in [6, 6.07) is 0. The first kappa shape index (κ1) is 9.47. The van der Waals surface area contributed by atoms with Crippen LogP contribution < -0.4 is 5.73 Å². The van der Waals surface area contributed by atoms with Crippen LogP contribution in [0.25, 0.3) is 0 Å². The fraction of sp³-hybridized carbons (Fsp3) is 1.00. The number of hydrogen-bond donors (Lipinski definition) is 1. The minimum Gasteiger partial charge on any atom is -0.329 e. The lowest BCUT2D eigenvalue weighted by atomic mass is 9.86. The maximum Gasteiger partial charge on any atom is 0.0331 e. The Balaban J connectivity index is 2.01. The average Bonchev–Trinajstić information content (AvgIpc) is 2.28. The molecule has 2 rings (SSSR count). The zero-order valence-corrected chi connectivity index (χ0v) is 8.60. The number of nitrogens with zero attached hydrogens (tertiary/aromatic N) is 1. The second-order valence-corrected chi connectivity index (χ2v) is 4.68. The van der Waals surface area contributed by atoms with E-state index >= 15 is 0 Å². The molecule has 0 aromatic rings. The summed E-state index contributed by atoms with van der Waals surface area (Å²) in [6.45, 7) is 3.49. The molecule has 2 N–H and O–H groups in total. The Labute approximate surface area is 81.5 Å². The lowest BCUT2D eigenvalue weighted by Crippen LogP contribution is -2.58. The molecular weight excluding hydrogens is 160 g/mol. The van der Waals surface area contributed by atoms with Crippen molar-refractivity contribution in [3.8, 4) is 0 Å². The SMILES string of the molecule is NCC1(N2CCC2)CCCCCC1. The van der Waals surface area contributed by atoms with E-state index < -0.39 is 0 Å². The van der Waals surface area contributed by atoms with Crippen LogP contribution in [0.5, 0.6) is 0 Å². The van der Waals surface area contributed by atoms with Gasteiger partial charge < -0.3 is 5.73 Å². The third-order valence-electron chi connectivity index (χ3n) is 3.94. The van der Waals surface area contributed by atoms with Crippen molar-refractivity contribution >= 4 is 0 Å². The van der Waals surface area contributed by atoms with Gasteiger partial charge in [-0.1, -0.05) is 25.7 Å². The fourth-order valence-electron chi connectivity index (χ4n) is 2.83. The van der Waals surface area contributed by atoms with Crippen molar-refractivity contribution in [1.29, 1.82) is 0 Å². The van der Waals surface area contributed by atoms with Gasteiger partial charge in [0.05, 0.1) is 0 Å². The Bertz CT molecular complexity index is 155. The number of nitrogens with two attached hydrogens (primary N) is 1. The summed E-state index contributed by atoms with van der Waals surface area (Å²) in [5, 5.41) is 0. The molecule has 1 heterocycles. The summed E-state index contributed by atoms with van der Waals surface area (Å²) < 4.78 is 0. The Hall–Kier alpha value is -0.0800.